The van der Waals surface area contributed by atoms with Gasteiger partial charge in [0, 0.05) is 36.5 Å². The van der Waals surface area contributed by atoms with E-state index in [2.05, 4.69) is 32.6 Å². The Labute approximate surface area is 157 Å². The molecule has 0 radical (unpaired) electrons. The van der Waals surface area contributed by atoms with Gasteiger partial charge in [-0.05, 0) is 64.7 Å². The second-order valence-corrected chi connectivity index (χ2v) is 7.96. The second kappa shape index (κ2) is 8.26. The molecule has 1 fully saturated rings. The highest BCUT2D eigenvalue weighted by Crippen LogP contribution is 2.36. The van der Waals surface area contributed by atoms with Crippen LogP contribution in [0.4, 0.5) is 5.69 Å². The van der Waals surface area contributed by atoms with Crippen LogP contribution in [0.25, 0.3) is 0 Å². The third kappa shape index (κ3) is 4.12. The number of benzene rings is 1. The van der Waals surface area contributed by atoms with E-state index in [4.69, 9.17) is 4.74 Å². The highest BCUT2D eigenvalue weighted by Gasteiger charge is 2.35. The van der Waals surface area contributed by atoms with Crippen LogP contribution in [0.1, 0.15) is 53.4 Å². The molecular formula is C22H32N2O2. The molecular weight excluding hydrogens is 324 g/mol. The van der Waals surface area contributed by atoms with Crippen LogP contribution >= 0.6 is 0 Å². The Balaban J connectivity index is 1.64. The molecule has 1 heterocycles. The van der Waals surface area contributed by atoms with E-state index in [9.17, 15) is 4.79 Å². The van der Waals surface area contributed by atoms with Gasteiger partial charge in [0.2, 0.25) is 0 Å². The van der Waals surface area contributed by atoms with E-state index in [-0.39, 0.29) is 11.9 Å². The molecule has 1 aromatic carbocycles. The van der Waals surface area contributed by atoms with Crippen molar-refractivity contribution in [3.63, 3.8) is 0 Å². The monoisotopic (exact) mass is 356 g/mol. The summed E-state index contributed by atoms with van der Waals surface area (Å²) < 4.78 is 6.01. The summed E-state index contributed by atoms with van der Waals surface area (Å²) in [5.74, 6) is 0.960. The van der Waals surface area contributed by atoms with Crippen LogP contribution in [0, 0.1) is 0 Å². The third-order valence-corrected chi connectivity index (χ3v) is 5.52. The Morgan fingerprint density at radius 2 is 1.96 bits per heavy atom. The van der Waals surface area contributed by atoms with Crippen molar-refractivity contribution in [1.29, 1.82) is 0 Å². The van der Waals surface area contributed by atoms with Gasteiger partial charge in [-0.3, -0.25) is 9.69 Å². The minimum absolute atomic E-state index is 0.120. The van der Waals surface area contributed by atoms with E-state index < -0.39 is 0 Å². The molecule has 1 amide bonds. The number of hydrogen-bond donors (Lipinski definition) is 0. The zero-order valence-electron chi connectivity index (χ0n) is 16.6. The average Bonchev–Trinajstić information content (AvgIpc) is 2.94. The summed E-state index contributed by atoms with van der Waals surface area (Å²) in [6.07, 6.45) is 6.38. The third-order valence-electron chi connectivity index (χ3n) is 5.52. The van der Waals surface area contributed by atoms with E-state index in [0.29, 0.717) is 18.7 Å². The van der Waals surface area contributed by atoms with E-state index in [1.807, 2.05) is 35.2 Å². The van der Waals surface area contributed by atoms with Gasteiger partial charge in [-0.25, -0.2) is 0 Å². The Morgan fingerprint density at radius 3 is 2.69 bits per heavy atom. The van der Waals surface area contributed by atoms with Crippen LogP contribution in [0.2, 0.25) is 0 Å². The lowest BCUT2D eigenvalue weighted by molar-refractivity contribution is -0.113. The molecule has 3 rings (SSSR count). The van der Waals surface area contributed by atoms with Crippen molar-refractivity contribution in [3.8, 4) is 5.75 Å². The molecule has 0 saturated heterocycles. The summed E-state index contributed by atoms with van der Waals surface area (Å²) in [5, 5.41) is 0. The number of ether oxygens (including phenoxy) is 1. The van der Waals surface area contributed by atoms with E-state index in [1.54, 1.807) is 0 Å². The Morgan fingerprint density at radius 1 is 1.19 bits per heavy atom. The quantitative estimate of drug-likeness (QED) is 0.726. The van der Waals surface area contributed by atoms with Crippen LogP contribution in [0.5, 0.6) is 5.75 Å². The highest BCUT2D eigenvalue weighted by molar-refractivity contribution is 6.06. The van der Waals surface area contributed by atoms with Crippen molar-refractivity contribution in [2.75, 3.05) is 18.1 Å². The van der Waals surface area contributed by atoms with Gasteiger partial charge in [0.25, 0.3) is 5.91 Å². The van der Waals surface area contributed by atoms with Gasteiger partial charge < -0.3 is 9.64 Å². The highest BCUT2D eigenvalue weighted by atomic mass is 16.5. The van der Waals surface area contributed by atoms with Crippen LogP contribution in [-0.2, 0) is 4.79 Å². The summed E-state index contributed by atoms with van der Waals surface area (Å²) in [6, 6.07) is 9.26. The summed E-state index contributed by atoms with van der Waals surface area (Å²) in [4.78, 5) is 16.9. The predicted octanol–water partition coefficient (Wildman–Crippen LogP) is 4.40. The molecule has 4 nitrogen and oxygen atoms in total. The number of rotatable bonds is 7. The van der Waals surface area contributed by atoms with Gasteiger partial charge in [0.05, 0.1) is 6.04 Å². The fourth-order valence-electron chi connectivity index (χ4n) is 4.28. The molecule has 0 spiro atoms. The SMILES string of the molecule is CC(C)N(CCOc1cccc(N2C(=O)C=C3CCCCC32)c1)C(C)C. The molecule has 0 bridgehead atoms. The number of hydrogen-bond acceptors (Lipinski definition) is 3. The van der Waals surface area contributed by atoms with Crippen LogP contribution in [0.15, 0.2) is 35.9 Å². The number of amides is 1. The van der Waals surface area contributed by atoms with Crippen molar-refractivity contribution in [2.24, 2.45) is 0 Å². The van der Waals surface area contributed by atoms with Gasteiger partial charge >= 0.3 is 0 Å². The molecule has 1 aromatic rings. The summed E-state index contributed by atoms with van der Waals surface area (Å²) in [5.41, 5.74) is 2.26. The maximum absolute atomic E-state index is 12.5. The van der Waals surface area contributed by atoms with Gasteiger partial charge in [-0.15, -0.1) is 0 Å². The summed E-state index contributed by atoms with van der Waals surface area (Å²) in [6.45, 7) is 10.4. The fourth-order valence-corrected chi connectivity index (χ4v) is 4.28. The minimum Gasteiger partial charge on any atom is -0.492 e. The minimum atomic E-state index is 0.120. The maximum atomic E-state index is 12.5. The first-order valence-corrected chi connectivity index (χ1v) is 9.99. The van der Waals surface area contributed by atoms with Crippen molar-refractivity contribution in [1.82, 2.24) is 4.90 Å². The van der Waals surface area contributed by atoms with E-state index >= 15 is 0 Å². The lowest BCUT2D eigenvalue weighted by atomic mass is 9.91. The lowest BCUT2D eigenvalue weighted by Gasteiger charge is -2.31. The fraction of sp³-hybridized carbons (Fsp3) is 0.591. The summed E-state index contributed by atoms with van der Waals surface area (Å²) in [7, 11) is 0. The smallest absolute Gasteiger partial charge is 0.251 e. The van der Waals surface area contributed by atoms with E-state index in [1.165, 1.54) is 18.4 Å². The van der Waals surface area contributed by atoms with Crippen LogP contribution < -0.4 is 9.64 Å². The van der Waals surface area contributed by atoms with Crippen molar-refractivity contribution >= 4 is 11.6 Å². The molecule has 2 aliphatic rings. The molecule has 1 atom stereocenters. The number of anilines is 1. The van der Waals surface area contributed by atoms with Gasteiger partial charge in [0.15, 0.2) is 0 Å². The van der Waals surface area contributed by atoms with E-state index in [0.717, 1.165) is 30.8 Å². The standard InChI is InChI=1S/C22H32N2O2/c1-16(2)23(17(3)4)12-13-26-20-10-7-9-19(15-20)24-21-11-6-5-8-18(21)14-22(24)25/h7,9-10,14-17,21H,5-6,8,11-13H2,1-4H3. The first kappa shape index (κ1) is 19.0. The molecule has 0 aromatic heterocycles. The van der Waals surface area contributed by atoms with Gasteiger partial charge in [-0.1, -0.05) is 12.5 Å². The number of carbonyl (C=O) groups is 1. The molecule has 1 aliphatic heterocycles. The topological polar surface area (TPSA) is 32.8 Å². The normalized spacial score (nSPS) is 20.1. The van der Waals surface area contributed by atoms with Crippen LogP contribution in [-0.4, -0.2) is 42.1 Å². The van der Waals surface area contributed by atoms with Crippen molar-refractivity contribution in [3.05, 3.63) is 35.9 Å². The van der Waals surface area contributed by atoms with Crippen molar-refractivity contribution < 1.29 is 9.53 Å². The Kier molecular flexibility index (Phi) is 6.02. The zero-order chi connectivity index (χ0) is 18.7. The molecule has 1 aliphatic carbocycles. The lowest BCUT2D eigenvalue weighted by Crippen LogP contribution is -2.39. The number of fused-ring (bicyclic) bond motifs is 1. The molecule has 142 valence electrons. The number of nitrogens with zero attached hydrogens (tertiary/aromatic N) is 2. The number of carbonyl (C=O) groups excluding carboxylic acids is 1. The molecule has 0 N–H and O–H groups in total. The molecule has 1 saturated carbocycles. The predicted molar refractivity (Wildman–Crippen MR) is 107 cm³/mol. The average molecular weight is 357 g/mol. The first-order valence-electron chi connectivity index (χ1n) is 9.99. The second-order valence-electron chi connectivity index (χ2n) is 7.96. The zero-order valence-corrected chi connectivity index (χ0v) is 16.6. The van der Waals surface area contributed by atoms with Gasteiger partial charge in [-0.2, -0.15) is 0 Å². The van der Waals surface area contributed by atoms with Crippen molar-refractivity contribution in [2.45, 2.75) is 71.5 Å². The van der Waals surface area contributed by atoms with Gasteiger partial charge in [0.1, 0.15) is 12.4 Å². The van der Waals surface area contributed by atoms with Crippen LogP contribution in [0.3, 0.4) is 0 Å². The first-order chi connectivity index (χ1) is 12.5. The Bertz CT molecular complexity index is 658. The molecule has 4 heteroatoms. The summed E-state index contributed by atoms with van der Waals surface area (Å²) >= 11 is 0. The Hall–Kier alpha value is -1.81. The maximum Gasteiger partial charge on any atom is 0.251 e. The largest absolute Gasteiger partial charge is 0.492 e. The molecule has 26 heavy (non-hydrogen) atoms. The molecule has 1 unspecified atom stereocenters.